The van der Waals surface area contributed by atoms with Crippen LogP contribution in [0.25, 0.3) is 0 Å². The Labute approximate surface area is 72.6 Å². The summed E-state index contributed by atoms with van der Waals surface area (Å²) in [4.78, 5) is 22.2. The lowest BCUT2D eigenvalue weighted by molar-refractivity contribution is -0.115. The van der Waals surface area contributed by atoms with Crippen molar-refractivity contribution >= 4 is 22.9 Å². The lowest BCUT2D eigenvalue weighted by Crippen LogP contribution is -2.18. The Kier molecular flexibility index (Phi) is 1.65. The van der Waals surface area contributed by atoms with Crippen molar-refractivity contribution in [2.75, 3.05) is 0 Å². The molecule has 0 bridgehead atoms. The van der Waals surface area contributed by atoms with Crippen LogP contribution >= 0.6 is 11.8 Å². The number of carbonyl (C=O) groups excluding carboxylic acids is 2. The molecule has 0 spiro atoms. The van der Waals surface area contributed by atoms with E-state index in [-0.39, 0.29) is 11.1 Å². The van der Waals surface area contributed by atoms with E-state index >= 15 is 0 Å². The number of nitrogens with one attached hydrogen (secondary N) is 1. The molecule has 0 atom stereocenters. The predicted molar refractivity (Wildman–Crippen MR) is 43.0 cm³/mol. The summed E-state index contributed by atoms with van der Waals surface area (Å²) >= 11 is 0.886. The van der Waals surface area contributed by atoms with Crippen LogP contribution in [0.15, 0.2) is 23.0 Å². The van der Waals surface area contributed by atoms with Gasteiger partial charge >= 0.3 is 0 Å². The molecule has 0 unspecified atom stereocenters. The Balaban J connectivity index is 2.29. The minimum atomic E-state index is -0.358. The van der Waals surface area contributed by atoms with Gasteiger partial charge < -0.3 is 4.74 Å². The maximum atomic E-state index is 11.1. The van der Waals surface area contributed by atoms with Crippen LogP contribution in [-0.2, 0) is 9.53 Å². The second-order valence-corrected chi connectivity index (χ2v) is 3.27. The van der Waals surface area contributed by atoms with Gasteiger partial charge in [0.05, 0.1) is 6.26 Å². The molecule has 0 radical (unpaired) electrons. The lowest BCUT2D eigenvalue weighted by Gasteiger charge is -1.97. The van der Waals surface area contributed by atoms with Gasteiger partial charge in [0.1, 0.15) is 10.7 Å². The molecule has 12 heavy (non-hydrogen) atoms. The number of carbonyl (C=O) groups is 2. The molecule has 0 aliphatic carbocycles. The molecule has 0 aromatic carbocycles. The highest BCUT2D eigenvalue weighted by Gasteiger charge is 2.29. The summed E-state index contributed by atoms with van der Waals surface area (Å²) in [5.41, 5.74) is 0. The summed E-state index contributed by atoms with van der Waals surface area (Å²) in [6.45, 7) is 0. The molecule has 1 saturated heterocycles. The molecule has 0 saturated carbocycles. The Morgan fingerprint density at radius 3 is 2.83 bits per heavy atom. The van der Waals surface area contributed by atoms with Gasteiger partial charge in [-0.2, -0.15) is 0 Å². The topological polar surface area (TPSA) is 55.4 Å². The van der Waals surface area contributed by atoms with Crippen LogP contribution < -0.4 is 5.32 Å². The highest BCUT2D eigenvalue weighted by Crippen LogP contribution is 2.30. The molecular formula is C7H5NO3S. The van der Waals surface area contributed by atoms with Crippen LogP contribution in [-0.4, -0.2) is 11.1 Å². The first kappa shape index (κ1) is 7.42. The van der Waals surface area contributed by atoms with E-state index in [0.29, 0.717) is 17.1 Å². The first-order chi connectivity index (χ1) is 5.77. The van der Waals surface area contributed by atoms with Crippen molar-refractivity contribution in [2.45, 2.75) is 6.42 Å². The van der Waals surface area contributed by atoms with Crippen molar-refractivity contribution in [3.05, 3.63) is 23.0 Å². The van der Waals surface area contributed by atoms with E-state index in [4.69, 9.17) is 4.74 Å². The number of thioether (sulfide) groups is 1. The minimum absolute atomic E-state index is 0.335. The van der Waals surface area contributed by atoms with Crippen LogP contribution in [0.1, 0.15) is 6.42 Å². The van der Waals surface area contributed by atoms with Gasteiger partial charge in [-0.05, 0) is 17.8 Å². The summed E-state index contributed by atoms with van der Waals surface area (Å²) in [6.07, 6.45) is 3.89. The SMILES string of the molecule is O=C1NC(=O)C(=C2CC=CO2)S1. The summed E-state index contributed by atoms with van der Waals surface area (Å²) in [5, 5.41) is 1.83. The average Bonchev–Trinajstić information content (AvgIpc) is 2.58. The fourth-order valence-corrected chi connectivity index (χ4v) is 1.70. The van der Waals surface area contributed by atoms with Crippen molar-refractivity contribution in [2.24, 2.45) is 0 Å². The fraction of sp³-hybridized carbons (Fsp3) is 0.143. The smallest absolute Gasteiger partial charge is 0.291 e. The second kappa shape index (κ2) is 2.67. The maximum Gasteiger partial charge on any atom is 0.291 e. The highest BCUT2D eigenvalue weighted by molar-refractivity contribution is 8.18. The van der Waals surface area contributed by atoms with Crippen molar-refractivity contribution in [3.8, 4) is 0 Å². The number of imide groups is 1. The zero-order chi connectivity index (χ0) is 8.55. The van der Waals surface area contributed by atoms with Crippen LogP contribution in [0.3, 0.4) is 0 Å². The predicted octanol–water partition coefficient (Wildman–Crippen LogP) is 1.11. The molecule has 2 rings (SSSR count). The zero-order valence-corrected chi connectivity index (χ0v) is 6.81. The highest BCUT2D eigenvalue weighted by atomic mass is 32.2. The number of hydrogen-bond acceptors (Lipinski definition) is 4. The molecule has 0 aromatic rings. The molecule has 4 nitrogen and oxygen atoms in total. The van der Waals surface area contributed by atoms with E-state index in [2.05, 4.69) is 5.32 Å². The summed E-state index contributed by atoms with van der Waals surface area (Å²) < 4.78 is 5.02. The third kappa shape index (κ3) is 1.12. The van der Waals surface area contributed by atoms with Gasteiger partial charge in [0.15, 0.2) is 0 Å². The van der Waals surface area contributed by atoms with Crippen LogP contribution in [0.4, 0.5) is 4.79 Å². The quantitative estimate of drug-likeness (QED) is 0.571. The van der Waals surface area contributed by atoms with Crippen LogP contribution in [0.5, 0.6) is 0 Å². The van der Waals surface area contributed by atoms with Gasteiger partial charge in [-0.1, -0.05) is 0 Å². The largest absolute Gasteiger partial charge is 0.468 e. The second-order valence-electron chi connectivity index (χ2n) is 2.29. The van der Waals surface area contributed by atoms with Gasteiger partial charge in [0.25, 0.3) is 11.1 Å². The van der Waals surface area contributed by atoms with E-state index in [1.54, 1.807) is 6.08 Å². The minimum Gasteiger partial charge on any atom is -0.468 e. The van der Waals surface area contributed by atoms with Crippen molar-refractivity contribution in [1.29, 1.82) is 0 Å². The van der Waals surface area contributed by atoms with Gasteiger partial charge in [0.2, 0.25) is 0 Å². The number of rotatable bonds is 0. The number of amides is 2. The molecule has 1 N–H and O–H groups in total. The Morgan fingerprint density at radius 2 is 2.33 bits per heavy atom. The molecule has 2 aliphatic rings. The van der Waals surface area contributed by atoms with E-state index < -0.39 is 0 Å². The van der Waals surface area contributed by atoms with Gasteiger partial charge in [0, 0.05) is 6.42 Å². The van der Waals surface area contributed by atoms with Crippen molar-refractivity contribution < 1.29 is 14.3 Å². The van der Waals surface area contributed by atoms with Gasteiger partial charge in [-0.3, -0.25) is 14.9 Å². The van der Waals surface area contributed by atoms with E-state index in [9.17, 15) is 9.59 Å². The molecule has 5 heteroatoms. The number of ether oxygens (including phenoxy) is 1. The van der Waals surface area contributed by atoms with Crippen molar-refractivity contribution in [3.63, 3.8) is 0 Å². The normalized spacial score (nSPS) is 27.7. The first-order valence-corrected chi connectivity index (χ1v) is 4.17. The number of hydrogen-bond donors (Lipinski definition) is 1. The fourth-order valence-electron chi connectivity index (χ4n) is 0.977. The average molecular weight is 183 g/mol. The Hall–Kier alpha value is -1.23. The number of allylic oxidation sites excluding steroid dienone is 1. The molecule has 62 valence electrons. The summed E-state index contributed by atoms with van der Waals surface area (Å²) in [7, 11) is 0. The standard InChI is InChI=1S/C7H5NO3S/c9-6-5(12-7(10)8-6)4-2-1-3-11-4/h1,3H,2H2,(H,8,9,10). The summed E-state index contributed by atoms with van der Waals surface area (Å²) in [6, 6.07) is 0. The zero-order valence-electron chi connectivity index (χ0n) is 5.99. The molecule has 1 fully saturated rings. The molecular weight excluding hydrogens is 178 g/mol. The summed E-state index contributed by atoms with van der Waals surface area (Å²) in [5.74, 6) is 0.201. The molecule has 2 heterocycles. The third-order valence-electron chi connectivity index (χ3n) is 1.48. The van der Waals surface area contributed by atoms with Crippen LogP contribution in [0.2, 0.25) is 0 Å². The third-order valence-corrected chi connectivity index (χ3v) is 2.38. The van der Waals surface area contributed by atoms with Crippen LogP contribution in [0, 0.1) is 0 Å². The molecule has 2 aliphatic heterocycles. The lowest BCUT2D eigenvalue weighted by atomic mass is 10.3. The van der Waals surface area contributed by atoms with E-state index in [1.165, 1.54) is 6.26 Å². The van der Waals surface area contributed by atoms with Gasteiger partial charge in [-0.25, -0.2) is 0 Å². The molecule has 2 amide bonds. The Bertz CT molecular complexity index is 309. The Morgan fingerprint density at radius 1 is 1.50 bits per heavy atom. The monoisotopic (exact) mass is 183 g/mol. The maximum absolute atomic E-state index is 11.1. The van der Waals surface area contributed by atoms with E-state index in [1.807, 2.05) is 0 Å². The molecule has 0 aromatic heterocycles. The van der Waals surface area contributed by atoms with Gasteiger partial charge in [-0.15, -0.1) is 0 Å². The first-order valence-electron chi connectivity index (χ1n) is 3.35. The van der Waals surface area contributed by atoms with Crippen molar-refractivity contribution in [1.82, 2.24) is 5.32 Å². The van der Waals surface area contributed by atoms with E-state index in [0.717, 1.165) is 11.8 Å².